The summed E-state index contributed by atoms with van der Waals surface area (Å²) in [6.45, 7) is 1.71. The summed E-state index contributed by atoms with van der Waals surface area (Å²) in [4.78, 5) is 39.1. The van der Waals surface area contributed by atoms with Crippen LogP contribution >= 0.6 is 11.3 Å². The summed E-state index contributed by atoms with van der Waals surface area (Å²) >= 11 is 1.12. The third-order valence-electron chi connectivity index (χ3n) is 4.98. The molecule has 162 valence electrons. The Morgan fingerprint density at radius 3 is 2.41 bits per heavy atom. The van der Waals surface area contributed by atoms with E-state index in [1.54, 1.807) is 25.1 Å². The molecule has 1 aromatic heterocycles. The van der Waals surface area contributed by atoms with Gasteiger partial charge in [-0.25, -0.2) is 4.79 Å². The molecule has 2 heterocycles. The van der Waals surface area contributed by atoms with Crippen LogP contribution in [-0.2, 0) is 4.79 Å². The predicted octanol–water partition coefficient (Wildman–Crippen LogP) is 3.34. The van der Waals surface area contributed by atoms with Crippen LogP contribution in [0.25, 0.3) is 0 Å². The number of carbonyl (C=O) groups excluding carboxylic acids is 2. The summed E-state index contributed by atoms with van der Waals surface area (Å²) in [5.41, 5.74) is 0.378. The number of amides is 1. The second-order valence-electron chi connectivity index (χ2n) is 6.93. The molecule has 0 saturated heterocycles. The van der Waals surface area contributed by atoms with Crippen LogP contribution in [0.15, 0.2) is 59.9 Å². The number of carboxylic acids is 1. The molecule has 0 saturated carbocycles. The van der Waals surface area contributed by atoms with Gasteiger partial charge in [0.2, 0.25) is 5.13 Å². The zero-order chi connectivity index (χ0) is 23.0. The number of benzene rings is 2. The van der Waals surface area contributed by atoms with Crippen LogP contribution in [0.3, 0.4) is 0 Å². The lowest BCUT2D eigenvalue weighted by molar-refractivity contribution is -0.117. The van der Waals surface area contributed by atoms with Crippen LogP contribution in [0.1, 0.15) is 37.3 Å². The number of carboxylic acid groups (broad SMARTS) is 1. The summed E-state index contributed by atoms with van der Waals surface area (Å²) in [6.07, 6.45) is 0. The number of aromatic nitrogens is 2. The number of nitrogens with zero attached hydrogens (tertiary/aromatic N) is 3. The van der Waals surface area contributed by atoms with Crippen LogP contribution in [-0.4, -0.2) is 45.2 Å². The molecule has 0 fully saturated rings. The highest BCUT2D eigenvalue weighted by Crippen LogP contribution is 2.43. The topological polar surface area (TPSA) is 130 Å². The minimum Gasteiger partial charge on any atom is -0.503 e. The molecule has 1 atom stereocenters. The van der Waals surface area contributed by atoms with E-state index >= 15 is 0 Å². The first-order valence-corrected chi connectivity index (χ1v) is 10.2. The monoisotopic (exact) mass is 451 g/mol. The molecule has 9 nitrogen and oxygen atoms in total. The molecule has 1 amide bonds. The fourth-order valence-corrected chi connectivity index (χ4v) is 4.19. The number of rotatable bonds is 6. The third kappa shape index (κ3) is 3.60. The van der Waals surface area contributed by atoms with E-state index in [0.717, 1.165) is 16.2 Å². The predicted molar refractivity (Wildman–Crippen MR) is 115 cm³/mol. The smallest absolute Gasteiger partial charge is 0.335 e. The van der Waals surface area contributed by atoms with E-state index in [0.29, 0.717) is 16.3 Å². The van der Waals surface area contributed by atoms with Gasteiger partial charge in [0.15, 0.2) is 11.5 Å². The number of aryl methyl sites for hydroxylation is 1. The van der Waals surface area contributed by atoms with Gasteiger partial charge in [-0.05, 0) is 48.9 Å². The zero-order valence-corrected chi connectivity index (χ0v) is 17.8. The molecule has 1 unspecified atom stereocenters. The molecule has 2 aromatic carbocycles. The standard InChI is InChI=1S/C22H17N3O6S/c1-11-23-24-22(32-11)25-17(13-4-3-5-14(10-13)21(29)30)16(19(27)20(25)28)18(26)12-6-8-15(31-2)9-7-12/h3-10,17,27H,1-2H3,(H,29,30). The molecule has 0 aliphatic carbocycles. The maximum Gasteiger partial charge on any atom is 0.335 e. The van der Waals surface area contributed by atoms with Crippen molar-refractivity contribution in [2.75, 3.05) is 12.0 Å². The Balaban J connectivity index is 1.87. The largest absolute Gasteiger partial charge is 0.503 e. The van der Waals surface area contributed by atoms with E-state index in [9.17, 15) is 24.6 Å². The SMILES string of the molecule is COc1ccc(C(=O)C2=C(O)C(=O)N(c3nnc(C)s3)C2c2cccc(C(=O)O)c2)cc1. The van der Waals surface area contributed by atoms with Gasteiger partial charge in [-0.2, -0.15) is 0 Å². The molecule has 32 heavy (non-hydrogen) atoms. The van der Waals surface area contributed by atoms with Gasteiger partial charge in [0.1, 0.15) is 10.8 Å². The first-order chi connectivity index (χ1) is 15.3. The Hall–Kier alpha value is -4.05. The molecular formula is C22H17N3O6S. The highest BCUT2D eigenvalue weighted by Gasteiger charge is 2.46. The molecular weight excluding hydrogens is 434 g/mol. The van der Waals surface area contributed by atoms with Crippen molar-refractivity contribution in [2.45, 2.75) is 13.0 Å². The van der Waals surface area contributed by atoms with Gasteiger partial charge >= 0.3 is 5.97 Å². The van der Waals surface area contributed by atoms with Crippen molar-refractivity contribution in [1.82, 2.24) is 10.2 Å². The van der Waals surface area contributed by atoms with E-state index in [2.05, 4.69) is 10.2 Å². The fraction of sp³-hybridized carbons (Fsp3) is 0.136. The minimum absolute atomic E-state index is 0.0222. The summed E-state index contributed by atoms with van der Waals surface area (Å²) in [7, 11) is 1.49. The second kappa shape index (κ2) is 8.23. The van der Waals surface area contributed by atoms with Crippen LogP contribution in [0.2, 0.25) is 0 Å². The van der Waals surface area contributed by atoms with Gasteiger partial charge in [0.05, 0.1) is 24.3 Å². The van der Waals surface area contributed by atoms with Gasteiger partial charge < -0.3 is 14.9 Å². The van der Waals surface area contributed by atoms with Crippen molar-refractivity contribution in [3.63, 3.8) is 0 Å². The van der Waals surface area contributed by atoms with Gasteiger partial charge in [0, 0.05) is 5.56 Å². The maximum atomic E-state index is 13.4. The molecule has 0 radical (unpaired) electrons. The molecule has 10 heteroatoms. The summed E-state index contributed by atoms with van der Waals surface area (Å²) < 4.78 is 5.11. The van der Waals surface area contributed by atoms with E-state index in [4.69, 9.17) is 4.74 Å². The van der Waals surface area contributed by atoms with Crippen molar-refractivity contribution in [3.05, 3.63) is 81.6 Å². The Morgan fingerprint density at radius 1 is 1.09 bits per heavy atom. The van der Waals surface area contributed by atoms with E-state index < -0.39 is 29.5 Å². The fourth-order valence-electron chi connectivity index (χ4n) is 3.47. The summed E-state index contributed by atoms with van der Waals surface area (Å²) in [5, 5.41) is 28.8. The van der Waals surface area contributed by atoms with Gasteiger partial charge in [-0.15, -0.1) is 10.2 Å². The zero-order valence-electron chi connectivity index (χ0n) is 17.0. The minimum atomic E-state index is -1.16. The molecule has 3 aromatic rings. The van der Waals surface area contributed by atoms with Gasteiger partial charge in [-0.1, -0.05) is 23.5 Å². The highest BCUT2D eigenvalue weighted by molar-refractivity contribution is 7.15. The average molecular weight is 451 g/mol. The molecule has 1 aliphatic heterocycles. The summed E-state index contributed by atoms with van der Waals surface area (Å²) in [6, 6.07) is 11.0. The van der Waals surface area contributed by atoms with Crippen molar-refractivity contribution < 1.29 is 29.3 Å². The Morgan fingerprint density at radius 2 is 1.81 bits per heavy atom. The number of aliphatic hydroxyl groups excluding tert-OH is 1. The molecule has 0 spiro atoms. The second-order valence-corrected chi connectivity index (χ2v) is 8.09. The normalized spacial score (nSPS) is 15.9. The van der Waals surface area contributed by atoms with Gasteiger partial charge in [0.25, 0.3) is 5.91 Å². The number of anilines is 1. The number of hydrogen-bond donors (Lipinski definition) is 2. The van der Waals surface area contributed by atoms with Crippen LogP contribution in [0, 0.1) is 6.92 Å². The lowest BCUT2D eigenvalue weighted by Crippen LogP contribution is -2.31. The number of ketones is 1. The molecule has 2 N–H and O–H groups in total. The number of ether oxygens (including phenoxy) is 1. The lowest BCUT2D eigenvalue weighted by Gasteiger charge is -2.24. The van der Waals surface area contributed by atoms with Crippen molar-refractivity contribution >= 4 is 34.1 Å². The van der Waals surface area contributed by atoms with E-state index in [1.165, 1.54) is 37.4 Å². The Kier molecular flexibility index (Phi) is 5.45. The highest BCUT2D eigenvalue weighted by atomic mass is 32.1. The first-order valence-electron chi connectivity index (χ1n) is 9.40. The Labute approximate surface area is 186 Å². The Bertz CT molecular complexity index is 1260. The number of aliphatic hydroxyl groups is 1. The van der Waals surface area contributed by atoms with Crippen molar-refractivity contribution in [1.29, 1.82) is 0 Å². The van der Waals surface area contributed by atoms with Crippen LogP contribution in [0.4, 0.5) is 5.13 Å². The number of aromatic carboxylic acids is 1. The number of carbonyl (C=O) groups is 3. The summed E-state index contributed by atoms with van der Waals surface area (Å²) in [5.74, 6) is -2.73. The average Bonchev–Trinajstić information content (AvgIpc) is 3.34. The lowest BCUT2D eigenvalue weighted by atomic mass is 9.92. The third-order valence-corrected chi connectivity index (χ3v) is 5.81. The van der Waals surface area contributed by atoms with Crippen LogP contribution in [0.5, 0.6) is 5.75 Å². The van der Waals surface area contributed by atoms with Crippen molar-refractivity contribution in [3.8, 4) is 5.75 Å². The first kappa shape index (κ1) is 21.2. The van der Waals surface area contributed by atoms with Crippen LogP contribution < -0.4 is 9.64 Å². The molecule has 4 rings (SSSR count). The van der Waals surface area contributed by atoms with E-state index in [-0.39, 0.29) is 21.8 Å². The maximum absolute atomic E-state index is 13.4. The number of methoxy groups -OCH3 is 1. The van der Waals surface area contributed by atoms with Gasteiger partial charge in [-0.3, -0.25) is 14.5 Å². The number of Topliss-reactive ketones (excluding diaryl/α,β-unsaturated/α-hetero) is 1. The quantitative estimate of drug-likeness (QED) is 0.546. The number of hydrogen-bond acceptors (Lipinski definition) is 8. The van der Waals surface area contributed by atoms with E-state index in [1.807, 2.05) is 0 Å². The molecule has 1 aliphatic rings. The van der Waals surface area contributed by atoms with Crippen molar-refractivity contribution in [2.24, 2.45) is 0 Å². The molecule has 0 bridgehead atoms.